The van der Waals surface area contributed by atoms with Crippen molar-refractivity contribution in [3.8, 4) is 0 Å². The Balaban J connectivity index is 1.95. The SMILES string of the molecule is CC(=O)NC(=O)CSc1n[nH]c(=O)n1C[C@H]1CCCO1. The number of nitrogens with zero attached hydrogens (tertiary/aromatic N) is 2. The molecule has 20 heavy (non-hydrogen) atoms. The predicted octanol–water partition coefficient (Wildman–Crippen LogP) is -0.495. The van der Waals surface area contributed by atoms with E-state index in [1.165, 1.54) is 11.5 Å². The molecule has 1 fully saturated rings. The van der Waals surface area contributed by atoms with E-state index >= 15 is 0 Å². The van der Waals surface area contributed by atoms with E-state index in [0.717, 1.165) is 24.6 Å². The number of hydrogen-bond donors (Lipinski definition) is 2. The van der Waals surface area contributed by atoms with Crippen molar-refractivity contribution in [3.63, 3.8) is 0 Å². The second-order valence-electron chi connectivity index (χ2n) is 4.45. The third kappa shape index (κ3) is 3.94. The number of aromatic amines is 1. The molecule has 1 aromatic rings. The molecule has 2 heterocycles. The lowest BCUT2D eigenvalue weighted by Crippen LogP contribution is -2.30. The monoisotopic (exact) mass is 300 g/mol. The van der Waals surface area contributed by atoms with Gasteiger partial charge in [-0.15, -0.1) is 5.10 Å². The number of carbonyl (C=O) groups excluding carboxylic acids is 2. The summed E-state index contributed by atoms with van der Waals surface area (Å²) in [4.78, 5) is 33.8. The van der Waals surface area contributed by atoms with Gasteiger partial charge >= 0.3 is 5.69 Å². The predicted molar refractivity (Wildman–Crippen MR) is 71.4 cm³/mol. The highest BCUT2D eigenvalue weighted by Crippen LogP contribution is 2.17. The maximum absolute atomic E-state index is 11.7. The third-order valence-electron chi connectivity index (χ3n) is 2.78. The summed E-state index contributed by atoms with van der Waals surface area (Å²) in [5, 5.41) is 8.82. The van der Waals surface area contributed by atoms with Crippen LogP contribution in [-0.4, -0.2) is 45.0 Å². The molecule has 0 aliphatic carbocycles. The van der Waals surface area contributed by atoms with Crippen LogP contribution in [-0.2, 0) is 20.9 Å². The molecule has 0 spiro atoms. The minimum Gasteiger partial charge on any atom is -0.376 e. The highest BCUT2D eigenvalue weighted by molar-refractivity contribution is 7.99. The molecule has 0 bridgehead atoms. The van der Waals surface area contributed by atoms with Gasteiger partial charge in [0.25, 0.3) is 0 Å². The molecule has 0 unspecified atom stereocenters. The fourth-order valence-corrected chi connectivity index (χ4v) is 2.68. The maximum atomic E-state index is 11.7. The maximum Gasteiger partial charge on any atom is 0.344 e. The van der Waals surface area contributed by atoms with Crippen molar-refractivity contribution in [2.45, 2.75) is 37.6 Å². The first-order valence-electron chi connectivity index (χ1n) is 6.26. The molecule has 0 radical (unpaired) electrons. The summed E-state index contributed by atoms with van der Waals surface area (Å²) in [6.45, 7) is 2.40. The lowest BCUT2D eigenvalue weighted by molar-refractivity contribution is -0.127. The number of ether oxygens (including phenoxy) is 1. The molecule has 1 aliphatic rings. The fraction of sp³-hybridized carbons (Fsp3) is 0.636. The molecular formula is C11H16N4O4S. The van der Waals surface area contributed by atoms with E-state index in [9.17, 15) is 14.4 Å². The minimum atomic E-state index is -0.415. The van der Waals surface area contributed by atoms with Gasteiger partial charge in [-0.1, -0.05) is 11.8 Å². The summed E-state index contributed by atoms with van der Waals surface area (Å²) in [5.74, 6) is -0.800. The first kappa shape index (κ1) is 14.8. The molecule has 1 aliphatic heterocycles. The number of hydrogen-bond acceptors (Lipinski definition) is 6. The quantitative estimate of drug-likeness (QED) is 0.710. The van der Waals surface area contributed by atoms with Crippen LogP contribution < -0.4 is 11.0 Å². The largest absolute Gasteiger partial charge is 0.376 e. The smallest absolute Gasteiger partial charge is 0.344 e. The average Bonchev–Trinajstić information content (AvgIpc) is 2.99. The molecule has 1 aromatic heterocycles. The number of aromatic nitrogens is 3. The highest BCUT2D eigenvalue weighted by atomic mass is 32.2. The summed E-state index contributed by atoms with van der Waals surface area (Å²) in [6.07, 6.45) is 1.91. The summed E-state index contributed by atoms with van der Waals surface area (Å²) >= 11 is 1.10. The molecule has 9 heteroatoms. The van der Waals surface area contributed by atoms with Crippen LogP contribution in [0.4, 0.5) is 0 Å². The summed E-state index contributed by atoms with van der Waals surface area (Å²) in [6, 6.07) is 0. The van der Waals surface area contributed by atoms with Crippen LogP contribution in [0, 0.1) is 0 Å². The summed E-state index contributed by atoms with van der Waals surface area (Å²) in [7, 11) is 0. The number of thioether (sulfide) groups is 1. The van der Waals surface area contributed by atoms with E-state index in [4.69, 9.17) is 4.74 Å². The lowest BCUT2D eigenvalue weighted by Gasteiger charge is -2.10. The van der Waals surface area contributed by atoms with Crippen LogP contribution in [0.1, 0.15) is 19.8 Å². The van der Waals surface area contributed by atoms with Crippen molar-refractivity contribution in [2.75, 3.05) is 12.4 Å². The van der Waals surface area contributed by atoms with Gasteiger partial charge in [0.15, 0.2) is 5.16 Å². The Hall–Kier alpha value is -1.61. The van der Waals surface area contributed by atoms with E-state index in [1.54, 1.807) is 0 Å². The van der Waals surface area contributed by atoms with Crippen LogP contribution in [0.15, 0.2) is 9.95 Å². The first-order valence-corrected chi connectivity index (χ1v) is 7.25. The van der Waals surface area contributed by atoms with Gasteiger partial charge in [0.2, 0.25) is 11.8 Å². The van der Waals surface area contributed by atoms with Gasteiger partial charge in [0, 0.05) is 13.5 Å². The average molecular weight is 300 g/mol. The molecule has 0 aromatic carbocycles. The van der Waals surface area contributed by atoms with Crippen LogP contribution in [0.3, 0.4) is 0 Å². The van der Waals surface area contributed by atoms with Gasteiger partial charge in [-0.05, 0) is 12.8 Å². The molecule has 2 amide bonds. The zero-order valence-corrected chi connectivity index (χ0v) is 11.9. The Kier molecular flexibility index (Phi) is 4.96. The Morgan fingerprint density at radius 1 is 1.60 bits per heavy atom. The number of nitrogens with one attached hydrogen (secondary N) is 2. The van der Waals surface area contributed by atoms with Gasteiger partial charge in [-0.2, -0.15) is 0 Å². The van der Waals surface area contributed by atoms with Crippen molar-refractivity contribution in [2.24, 2.45) is 0 Å². The van der Waals surface area contributed by atoms with E-state index in [0.29, 0.717) is 18.3 Å². The van der Waals surface area contributed by atoms with Gasteiger partial charge in [-0.3, -0.25) is 19.5 Å². The number of imide groups is 1. The van der Waals surface area contributed by atoms with E-state index in [2.05, 4.69) is 15.5 Å². The Bertz CT molecular complexity index is 547. The number of H-pyrrole nitrogens is 1. The second-order valence-corrected chi connectivity index (χ2v) is 5.39. The van der Waals surface area contributed by atoms with Gasteiger partial charge in [0.1, 0.15) is 0 Å². The minimum absolute atomic E-state index is 0.00990. The van der Waals surface area contributed by atoms with Crippen molar-refractivity contribution >= 4 is 23.6 Å². The molecular weight excluding hydrogens is 284 g/mol. The molecule has 1 saturated heterocycles. The number of rotatable bonds is 5. The van der Waals surface area contributed by atoms with Gasteiger partial charge in [0.05, 0.1) is 18.4 Å². The molecule has 2 rings (SSSR count). The van der Waals surface area contributed by atoms with Crippen LogP contribution >= 0.6 is 11.8 Å². The molecule has 0 saturated carbocycles. The van der Waals surface area contributed by atoms with Crippen molar-refractivity contribution in [3.05, 3.63) is 10.5 Å². The summed E-state index contributed by atoms with van der Waals surface area (Å²) < 4.78 is 6.94. The topological polar surface area (TPSA) is 106 Å². The van der Waals surface area contributed by atoms with Crippen LogP contribution in [0.25, 0.3) is 0 Å². The molecule has 2 N–H and O–H groups in total. The van der Waals surface area contributed by atoms with E-state index in [1.807, 2.05) is 0 Å². The molecule has 8 nitrogen and oxygen atoms in total. The van der Waals surface area contributed by atoms with E-state index < -0.39 is 11.8 Å². The van der Waals surface area contributed by atoms with Crippen LogP contribution in [0.5, 0.6) is 0 Å². The van der Waals surface area contributed by atoms with Crippen molar-refractivity contribution in [1.29, 1.82) is 0 Å². The van der Waals surface area contributed by atoms with Gasteiger partial charge < -0.3 is 4.74 Å². The van der Waals surface area contributed by atoms with E-state index in [-0.39, 0.29) is 17.5 Å². The highest BCUT2D eigenvalue weighted by Gasteiger charge is 2.20. The zero-order valence-electron chi connectivity index (χ0n) is 11.0. The Morgan fingerprint density at radius 2 is 2.40 bits per heavy atom. The number of carbonyl (C=O) groups is 2. The first-order chi connectivity index (χ1) is 9.56. The standard InChI is InChI=1S/C11H16N4O4S/c1-7(16)12-9(17)6-20-11-14-13-10(18)15(11)5-8-3-2-4-19-8/h8H,2-6H2,1H3,(H,13,18)(H,12,16,17)/t8-/m1/s1. The molecule has 110 valence electrons. The zero-order chi connectivity index (χ0) is 14.5. The van der Waals surface area contributed by atoms with Crippen molar-refractivity contribution in [1.82, 2.24) is 20.1 Å². The van der Waals surface area contributed by atoms with Gasteiger partial charge in [-0.25, -0.2) is 9.89 Å². The third-order valence-corrected chi connectivity index (χ3v) is 3.76. The summed E-state index contributed by atoms with van der Waals surface area (Å²) in [5.41, 5.74) is -0.324. The Labute approximate surface area is 119 Å². The fourth-order valence-electron chi connectivity index (χ4n) is 1.93. The van der Waals surface area contributed by atoms with Crippen LogP contribution in [0.2, 0.25) is 0 Å². The number of amides is 2. The normalized spacial score (nSPS) is 18.1. The van der Waals surface area contributed by atoms with Crippen molar-refractivity contribution < 1.29 is 14.3 Å². The molecule has 1 atom stereocenters. The lowest BCUT2D eigenvalue weighted by atomic mass is 10.2. The Morgan fingerprint density at radius 3 is 3.05 bits per heavy atom. The second kappa shape index (κ2) is 6.71.